The zero-order valence-electron chi connectivity index (χ0n) is 14.2. The van der Waals surface area contributed by atoms with Crippen molar-refractivity contribution in [2.75, 3.05) is 0 Å². The van der Waals surface area contributed by atoms with E-state index in [1.54, 1.807) is 6.07 Å². The summed E-state index contributed by atoms with van der Waals surface area (Å²) in [6.07, 6.45) is 11.4. The van der Waals surface area contributed by atoms with Gasteiger partial charge in [-0.3, -0.25) is 4.79 Å². The minimum Gasteiger partial charge on any atom is -0.478 e. The fourth-order valence-electron chi connectivity index (χ4n) is 4.67. The second-order valence-electron chi connectivity index (χ2n) is 7.33. The van der Waals surface area contributed by atoms with Crippen molar-refractivity contribution in [3.05, 3.63) is 34.4 Å². The van der Waals surface area contributed by atoms with Crippen LogP contribution < -0.4 is 5.73 Å². The van der Waals surface area contributed by atoms with E-state index in [2.05, 4.69) is 0 Å². The molecule has 0 radical (unpaired) electrons. The van der Waals surface area contributed by atoms with Crippen molar-refractivity contribution in [2.45, 2.75) is 76.0 Å². The molecule has 1 aromatic rings. The molecule has 130 valence electrons. The first-order valence-electron chi connectivity index (χ1n) is 9.29. The monoisotopic (exact) mass is 329 g/mol. The molecule has 2 saturated carbocycles. The van der Waals surface area contributed by atoms with Gasteiger partial charge in [0.1, 0.15) is 0 Å². The van der Waals surface area contributed by atoms with Crippen LogP contribution in [0, 0.1) is 0 Å². The Morgan fingerprint density at radius 3 is 1.92 bits per heavy atom. The topological polar surface area (TPSA) is 80.4 Å². The molecular formula is C20H27NO3. The summed E-state index contributed by atoms with van der Waals surface area (Å²) >= 11 is 0. The summed E-state index contributed by atoms with van der Waals surface area (Å²) in [4.78, 5) is 23.8. The van der Waals surface area contributed by atoms with E-state index in [1.165, 1.54) is 31.2 Å². The highest BCUT2D eigenvalue weighted by Crippen LogP contribution is 2.43. The first-order chi connectivity index (χ1) is 11.6. The molecule has 0 saturated heterocycles. The van der Waals surface area contributed by atoms with Gasteiger partial charge in [-0.05, 0) is 54.7 Å². The Bertz CT molecular complexity index is 626. The van der Waals surface area contributed by atoms with Gasteiger partial charge in [-0.1, -0.05) is 44.6 Å². The fourth-order valence-corrected chi connectivity index (χ4v) is 4.67. The summed E-state index contributed by atoms with van der Waals surface area (Å²) in [5, 5.41) is 9.84. The molecule has 0 aromatic heterocycles. The van der Waals surface area contributed by atoms with Crippen molar-refractivity contribution in [3.8, 4) is 0 Å². The number of hydrogen-bond acceptors (Lipinski definition) is 2. The summed E-state index contributed by atoms with van der Waals surface area (Å²) in [6.45, 7) is 0. The molecule has 3 N–H and O–H groups in total. The molecule has 4 nitrogen and oxygen atoms in total. The number of carboxylic acids is 1. The average Bonchev–Trinajstić information content (AvgIpc) is 2.61. The number of amides is 1. The minimum absolute atomic E-state index is 0.169. The van der Waals surface area contributed by atoms with E-state index in [9.17, 15) is 14.7 Å². The van der Waals surface area contributed by atoms with Crippen molar-refractivity contribution in [1.82, 2.24) is 0 Å². The third-order valence-electron chi connectivity index (χ3n) is 5.82. The quantitative estimate of drug-likeness (QED) is 0.848. The molecule has 0 spiro atoms. The van der Waals surface area contributed by atoms with Crippen molar-refractivity contribution in [1.29, 1.82) is 0 Å². The van der Waals surface area contributed by atoms with Crippen LogP contribution in [0.5, 0.6) is 0 Å². The molecule has 0 unspecified atom stereocenters. The van der Waals surface area contributed by atoms with E-state index in [-0.39, 0.29) is 17.0 Å². The van der Waals surface area contributed by atoms with E-state index in [0.717, 1.165) is 44.1 Å². The standard InChI is InChI=1S/C20H27NO3/c21-19(22)16-12-11-15(13-7-3-1-4-8-13)17(18(16)20(23)24)14-9-5-2-6-10-14/h11-14H,1-10H2,(H2,21,22)(H,23,24). The third-order valence-corrected chi connectivity index (χ3v) is 5.82. The maximum Gasteiger partial charge on any atom is 0.336 e. The van der Waals surface area contributed by atoms with Gasteiger partial charge in [0.05, 0.1) is 11.1 Å². The van der Waals surface area contributed by atoms with Gasteiger partial charge in [0.25, 0.3) is 0 Å². The van der Waals surface area contributed by atoms with Gasteiger partial charge >= 0.3 is 5.97 Å². The van der Waals surface area contributed by atoms with E-state index in [4.69, 9.17) is 5.73 Å². The predicted octanol–water partition coefficient (Wildman–Crippen LogP) is 4.58. The molecule has 2 aliphatic carbocycles. The van der Waals surface area contributed by atoms with Gasteiger partial charge in [0, 0.05) is 0 Å². The number of nitrogens with two attached hydrogens (primary N) is 1. The number of rotatable bonds is 4. The first kappa shape index (κ1) is 17.0. The normalized spacial score (nSPS) is 20.0. The Labute approximate surface area is 143 Å². The van der Waals surface area contributed by atoms with Gasteiger partial charge in [-0.25, -0.2) is 4.79 Å². The Hall–Kier alpha value is -1.84. The molecule has 3 rings (SSSR count). The molecule has 0 atom stereocenters. The molecule has 0 aliphatic heterocycles. The van der Waals surface area contributed by atoms with Gasteiger partial charge in [0.15, 0.2) is 0 Å². The zero-order valence-corrected chi connectivity index (χ0v) is 14.2. The number of carbonyl (C=O) groups excluding carboxylic acids is 1. The molecule has 0 bridgehead atoms. The molecule has 2 aliphatic rings. The Kier molecular flexibility index (Phi) is 5.22. The maximum atomic E-state index is 12.0. The van der Waals surface area contributed by atoms with Gasteiger partial charge in [-0.15, -0.1) is 0 Å². The van der Waals surface area contributed by atoms with Crippen LogP contribution in [0.15, 0.2) is 12.1 Å². The lowest BCUT2D eigenvalue weighted by atomic mass is 9.73. The molecule has 0 heterocycles. The fraction of sp³-hybridized carbons (Fsp3) is 0.600. The lowest BCUT2D eigenvalue weighted by Crippen LogP contribution is -2.22. The summed E-state index contributed by atoms with van der Waals surface area (Å²) in [5.41, 5.74) is 7.92. The first-order valence-corrected chi connectivity index (χ1v) is 9.29. The van der Waals surface area contributed by atoms with Crippen LogP contribution in [0.4, 0.5) is 0 Å². The third kappa shape index (κ3) is 3.33. The van der Waals surface area contributed by atoms with Gasteiger partial charge in [0.2, 0.25) is 5.91 Å². The predicted molar refractivity (Wildman–Crippen MR) is 93.6 cm³/mol. The van der Waals surface area contributed by atoms with Gasteiger partial charge < -0.3 is 10.8 Å². The summed E-state index contributed by atoms with van der Waals surface area (Å²) in [5.74, 6) is -0.974. The highest BCUT2D eigenvalue weighted by Gasteiger charge is 2.31. The number of aromatic carboxylic acids is 1. The second kappa shape index (κ2) is 7.37. The van der Waals surface area contributed by atoms with Crippen molar-refractivity contribution >= 4 is 11.9 Å². The van der Waals surface area contributed by atoms with Crippen LogP contribution in [0.2, 0.25) is 0 Å². The maximum absolute atomic E-state index is 12.0. The lowest BCUT2D eigenvalue weighted by molar-refractivity contribution is 0.0689. The summed E-state index contributed by atoms with van der Waals surface area (Å²) in [7, 11) is 0. The Morgan fingerprint density at radius 1 is 0.875 bits per heavy atom. The smallest absolute Gasteiger partial charge is 0.336 e. The largest absolute Gasteiger partial charge is 0.478 e. The number of carboxylic acid groups (broad SMARTS) is 1. The second-order valence-corrected chi connectivity index (χ2v) is 7.33. The number of hydrogen-bond donors (Lipinski definition) is 2. The van der Waals surface area contributed by atoms with Crippen molar-refractivity contribution < 1.29 is 14.7 Å². The number of carbonyl (C=O) groups is 2. The Morgan fingerprint density at radius 2 is 1.42 bits per heavy atom. The SMILES string of the molecule is NC(=O)c1ccc(C2CCCCC2)c(C2CCCCC2)c1C(=O)O. The average molecular weight is 329 g/mol. The molecule has 1 aromatic carbocycles. The molecule has 1 amide bonds. The summed E-state index contributed by atoms with van der Waals surface area (Å²) < 4.78 is 0. The van der Waals surface area contributed by atoms with E-state index in [0.29, 0.717) is 5.92 Å². The molecular weight excluding hydrogens is 302 g/mol. The molecule has 24 heavy (non-hydrogen) atoms. The van der Waals surface area contributed by atoms with Crippen LogP contribution in [0.25, 0.3) is 0 Å². The van der Waals surface area contributed by atoms with Crippen LogP contribution in [0.1, 0.15) is 108 Å². The van der Waals surface area contributed by atoms with Crippen LogP contribution >= 0.6 is 0 Å². The minimum atomic E-state index is -1.01. The Balaban J connectivity index is 2.14. The van der Waals surface area contributed by atoms with Crippen LogP contribution in [-0.2, 0) is 0 Å². The van der Waals surface area contributed by atoms with E-state index < -0.39 is 11.9 Å². The van der Waals surface area contributed by atoms with Crippen molar-refractivity contribution in [3.63, 3.8) is 0 Å². The zero-order chi connectivity index (χ0) is 17.1. The molecule has 2 fully saturated rings. The van der Waals surface area contributed by atoms with E-state index in [1.807, 2.05) is 6.07 Å². The summed E-state index contributed by atoms with van der Waals surface area (Å²) in [6, 6.07) is 3.63. The molecule has 4 heteroatoms. The van der Waals surface area contributed by atoms with Crippen LogP contribution in [0.3, 0.4) is 0 Å². The van der Waals surface area contributed by atoms with Crippen molar-refractivity contribution in [2.24, 2.45) is 5.73 Å². The number of benzene rings is 1. The lowest BCUT2D eigenvalue weighted by Gasteiger charge is -2.31. The van der Waals surface area contributed by atoms with Gasteiger partial charge in [-0.2, -0.15) is 0 Å². The highest BCUT2D eigenvalue weighted by atomic mass is 16.4. The van der Waals surface area contributed by atoms with Crippen LogP contribution in [-0.4, -0.2) is 17.0 Å². The highest BCUT2D eigenvalue weighted by molar-refractivity contribution is 6.05. The van der Waals surface area contributed by atoms with E-state index >= 15 is 0 Å². The number of primary amides is 1.